The van der Waals surface area contributed by atoms with Gasteiger partial charge in [0.05, 0.1) is 32.1 Å². The third kappa shape index (κ3) is 3.43. The fourth-order valence-electron chi connectivity index (χ4n) is 2.77. The van der Waals surface area contributed by atoms with Crippen LogP contribution in [0.4, 0.5) is 9.80 Å². The van der Waals surface area contributed by atoms with Crippen LogP contribution in [-0.2, 0) is 22.4 Å². The van der Waals surface area contributed by atoms with E-state index in [1.165, 1.54) is 30.8 Å². The molecule has 0 saturated heterocycles. The van der Waals surface area contributed by atoms with Gasteiger partial charge in [0.15, 0.2) is 5.76 Å². The Morgan fingerprint density at radius 1 is 1.38 bits per heavy atom. The summed E-state index contributed by atoms with van der Waals surface area (Å²) in [6, 6.07) is 3.14. The summed E-state index contributed by atoms with van der Waals surface area (Å²) in [7, 11) is 1.32. The molecule has 0 bridgehead atoms. The van der Waals surface area contributed by atoms with Gasteiger partial charge in [-0.25, -0.2) is 9.59 Å². The molecule has 9 heteroatoms. The molecule has 0 aromatic carbocycles. The molecule has 8 nitrogen and oxygen atoms in total. The number of thiophene rings is 1. The van der Waals surface area contributed by atoms with Crippen molar-refractivity contribution in [2.75, 3.05) is 25.6 Å². The average molecular weight is 378 g/mol. The second-order valence-electron chi connectivity index (χ2n) is 5.50. The monoisotopic (exact) mass is 378 g/mol. The minimum absolute atomic E-state index is 0.141. The number of esters is 1. The quantitative estimate of drug-likeness (QED) is 0.822. The summed E-state index contributed by atoms with van der Waals surface area (Å²) in [5.74, 6) is -0.808. The van der Waals surface area contributed by atoms with Gasteiger partial charge >= 0.3 is 12.1 Å². The SMILES string of the molecule is CCOC(=O)c1c(NC(=O)c2ccco2)sc2c1CCN(C(=O)OC)C2. The lowest BCUT2D eigenvalue weighted by molar-refractivity contribution is 0.0526. The number of amides is 2. The third-order valence-corrected chi connectivity index (χ3v) is 5.07. The Kier molecular flexibility index (Phi) is 5.27. The number of hydrogen-bond acceptors (Lipinski definition) is 7. The lowest BCUT2D eigenvalue weighted by Crippen LogP contribution is -2.35. The maximum Gasteiger partial charge on any atom is 0.409 e. The van der Waals surface area contributed by atoms with Gasteiger partial charge in [-0.05, 0) is 31.0 Å². The molecule has 0 radical (unpaired) electrons. The molecule has 0 atom stereocenters. The second-order valence-corrected chi connectivity index (χ2v) is 6.61. The molecular formula is C17H18N2O6S. The van der Waals surface area contributed by atoms with Gasteiger partial charge in [0, 0.05) is 11.4 Å². The molecule has 1 aliphatic rings. The van der Waals surface area contributed by atoms with E-state index < -0.39 is 18.0 Å². The lowest BCUT2D eigenvalue weighted by atomic mass is 10.0. The van der Waals surface area contributed by atoms with Gasteiger partial charge in [0.25, 0.3) is 5.91 Å². The van der Waals surface area contributed by atoms with E-state index in [9.17, 15) is 14.4 Å². The molecule has 0 aliphatic carbocycles. The van der Waals surface area contributed by atoms with Gasteiger partial charge in [-0.3, -0.25) is 4.79 Å². The maximum atomic E-state index is 12.4. The summed E-state index contributed by atoms with van der Waals surface area (Å²) in [5.41, 5.74) is 1.14. The first kappa shape index (κ1) is 18.0. The second kappa shape index (κ2) is 7.61. The molecular weight excluding hydrogens is 360 g/mol. The van der Waals surface area contributed by atoms with Crippen molar-refractivity contribution < 1.29 is 28.3 Å². The molecule has 2 aromatic heterocycles. The van der Waals surface area contributed by atoms with E-state index in [4.69, 9.17) is 13.9 Å². The average Bonchev–Trinajstić information content (AvgIpc) is 3.28. The number of rotatable bonds is 4. The number of nitrogens with one attached hydrogen (secondary N) is 1. The molecule has 3 rings (SSSR count). The van der Waals surface area contributed by atoms with Crippen LogP contribution in [0, 0.1) is 0 Å². The minimum Gasteiger partial charge on any atom is -0.462 e. The van der Waals surface area contributed by atoms with Crippen LogP contribution in [0.5, 0.6) is 0 Å². The van der Waals surface area contributed by atoms with Crippen molar-refractivity contribution in [3.05, 3.63) is 40.2 Å². The number of furan rings is 1. The van der Waals surface area contributed by atoms with Crippen LogP contribution in [0.25, 0.3) is 0 Å². The molecule has 0 spiro atoms. The standard InChI is InChI=1S/C17H18N2O6S/c1-3-24-16(21)13-10-6-7-19(17(22)23-2)9-12(10)26-15(13)18-14(20)11-5-4-8-25-11/h4-5,8H,3,6-7,9H2,1-2H3,(H,18,20). The summed E-state index contributed by atoms with van der Waals surface area (Å²) in [5, 5.41) is 3.11. The van der Waals surface area contributed by atoms with Gasteiger partial charge in [0.2, 0.25) is 0 Å². The number of fused-ring (bicyclic) bond motifs is 1. The Labute approximate surface area is 153 Å². The van der Waals surface area contributed by atoms with Gasteiger partial charge in [-0.2, -0.15) is 0 Å². The summed E-state index contributed by atoms with van der Waals surface area (Å²) < 4.78 is 15.0. The molecule has 26 heavy (non-hydrogen) atoms. The van der Waals surface area contributed by atoms with E-state index in [1.807, 2.05) is 0 Å². The Hall–Kier alpha value is -2.81. The first-order valence-corrected chi connectivity index (χ1v) is 8.86. The first-order valence-electron chi connectivity index (χ1n) is 8.04. The molecule has 3 heterocycles. The fourth-order valence-corrected chi connectivity index (χ4v) is 4.01. The number of ether oxygens (including phenoxy) is 2. The van der Waals surface area contributed by atoms with Crippen molar-refractivity contribution >= 4 is 34.3 Å². The minimum atomic E-state index is -0.494. The number of nitrogens with zero attached hydrogens (tertiary/aromatic N) is 1. The lowest BCUT2D eigenvalue weighted by Gasteiger charge is -2.25. The van der Waals surface area contributed by atoms with Crippen molar-refractivity contribution in [2.45, 2.75) is 19.9 Å². The predicted octanol–water partition coefficient (Wildman–Crippen LogP) is 2.89. The van der Waals surface area contributed by atoms with E-state index >= 15 is 0 Å². The van der Waals surface area contributed by atoms with Crippen LogP contribution < -0.4 is 5.32 Å². The van der Waals surface area contributed by atoms with E-state index in [1.54, 1.807) is 17.9 Å². The summed E-state index contributed by atoms with van der Waals surface area (Å²) in [6.07, 6.45) is 1.45. The van der Waals surface area contributed by atoms with Crippen LogP contribution in [0.2, 0.25) is 0 Å². The fraction of sp³-hybridized carbons (Fsp3) is 0.353. The van der Waals surface area contributed by atoms with Crippen LogP contribution in [-0.4, -0.2) is 43.1 Å². The summed E-state index contributed by atoms with van der Waals surface area (Å²) in [4.78, 5) is 38.9. The zero-order chi connectivity index (χ0) is 18.7. The van der Waals surface area contributed by atoms with Crippen LogP contribution >= 0.6 is 11.3 Å². The molecule has 138 valence electrons. The highest BCUT2D eigenvalue weighted by molar-refractivity contribution is 7.17. The van der Waals surface area contributed by atoms with E-state index in [2.05, 4.69) is 5.32 Å². The van der Waals surface area contributed by atoms with E-state index in [0.29, 0.717) is 30.1 Å². The third-order valence-electron chi connectivity index (χ3n) is 3.94. The summed E-state index contributed by atoms with van der Waals surface area (Å²) >= 11 is 1.25. The molecule has 1 N–H and O–H groups in total. The van der Waals surface area contributed by atoms with Crippen LogP contribution in [0.1, 0.15) is 38.3 Å². The van der Waals surface area contributed by atoms with Crippen molar-refractivity contribution in [3.63, 3.8) is 0 Å². The highest BCUT2D eigenvalue weighted by atomic mass is 32.1. The number of anilines is 1. The van der Waals surface area contributed by atoms with Crippen LogP contribution in [0.3, 0.4) is 0 Å². The molecule has 0 saturated carbocycles. The van der Waals surface area contributed by atoms with Crippen molar-refractivity contribution in [3.8, 4) is 0 Å². The maximum absolute atomic E-state index is 12.4. The van der Waals surface area contributed by atoms with Gasteiger partial charge in [-0.1, -0.05) is 0 Å². The van der Waals surface area contributed by atoms with E-state index in [-0.39, 0.29) is 12.4 Å². The van der Waals surface area contributed by atoms with Crippen molar-refractivity contribution in [1.29, 1.82) is 0 Å². The van der Waals surface area contributed by atoms with Gasteiger partial charge < -0.3 is 24.1 Å². The zero-order valence-corrected chi connectivity index (χ0v) is 15.2. The van der Waals surface area contributed by atoms with Gasteiger partial charge in [0.1, 0.15) is 5.00 Å². The zero-order valence-electron chi connectivity index (χ0n) is 14.4. The Balaban J connectivity index is 1.93. The molecule has 2 aromatic rings. The first-order chi connectivity index (χ1) is 12.5. The van der Waals surface area contributed by atoms with Gasteiger partial charge in [-0.15, -0.1) is 11.3 Å². The predicted molar refractivity (Wildman–Crippen MR) is 93.5 cm³/mol. The summed E-state index contributed by atoms with van der Waals surface area (Å²) in [6.45, 7) is 2.68. The molecule has 1 aliphatic heterocycles. The molecule has 2 amide bonds. The Morgan fingerprint density at radius 2 is 2.19 bits per heavy atom. The molecule has 0 unspecified atom stereocenters. The Bertz CT molecular complexity index is 827. The number of hydrogen-bond donors (Lipinski definition) is 1. The highest BCUT2D eigenvalue weighted by Crippen LogP contribution is 2.38. The van der Waals surface area contributed by atoms with Crippen LogP contribution in [0.15, 0.2) is 22.8 Å². The number of carbonyl (C=O) groups excluding carboxylic acids is 3. The number of carbonyl (C=O) groups is 3. The molecule has 0 fully saturated rings. The highest BCUT2D eigenvalue weighted by Gasteiger charge is 2.31. The normalized spacial score (nSPS) is 13.1. The topological polar surface area (TPSA) is 98.1 Å². The smallest absolute Gasteiger partial charge is 0.409 e. The Morgan fingerprint density at radius 3 is 2.85 bits per heavy atom. The van der Waals surface area contributed by atoms with Crippen molar-refractivity contribution in [1.82, 2.24) is 4.90 Å². The number of methoxy groups -OCH3 is 1. The largest absolute Gasteiger partial charge is 0.462 e. The van der Waals surface area contributed by atoms with Crippen molar-refractivity contribution in [2.24, 2.45) is 0 Å². The van der Waals surface area contributed by atoms with E-state index in [0.717, 1.165) is 10.4 Å².